The highest BCUT2D eigenvalue weighted by Gasteiger charge is 2.43. The Morgan fingerprint density at radius 1 is 1.35 bits per heavy atom. The number of piperidine rings is 1. The first-order chi connectivity index (χ1) is 12.6. The van der Waals surface area contributed by atoms with Crippen molar-refractivity contribution in [3.63, 3.8) is 0 Å². The summed E-state index contributed by atoms with van der Waals surface area (Å²) in [5.41, 5.74) is 1.06. The number of nitrogens with zero attached hydrogens (tertiary/aromatic N) is 2. The van der Waals surface area contributed by atoms with Crippen LogP contribution in [0.4, 0.5) is 5.82 Å². The summed E-state index contributed by atoms with van der Waals surface area (Å²) in [6.07, 6.45) is 4.60. The molecule has 0 atom stereocenters. The van der Waals surface area contributed by atoms with Crippen LogP contribution in [-0.4, -0.2) is 36.6 Å². The molecule has 1 saturated heterocycles. The Kier molecular flexibility index (Phi) is 4.71. The minimum Gasteiger partial charge on any atom is -0.369 e. The summed E-state index contributed by atoms with van der Waals surface area (Å²) < 4.78 is 6.32. The highest BCUT2D eigenvalue weighted by molar-refractivity contribution is 7.14. The van der Waals surface area contributed by atoms with Gasteiger partial charge in [-0.1, -0.05) is 6.07 Å². The predicted molar refractivity (Wildman–Crippen MR) is 104 cm³/mol. The molecule has 4 rings (SSSR count). The van der Waals surface area contributed by atoms with Gasteiger partial charge >= 0.3 is 0 Å². The molecule has 0 aromatic carbocycles. The first kappa shape index (κ1) is 17.5. The van der Waals surface area contributed by atoms with Crippen molar-refractivity contribution in [1.29, 1.82) is 0 Å². The molecular formula is C20H25N3O2S. The molecule has 0 bridgehead atoms. The van der Waals surface area contributed by atoms with Gasteiger partial charge in [-0.25, -0.2) is 4.98 Å². The fourth-order valence-electron chi connectivity index (χ4n) is 3.88. The number of carbonyl (C=O) groups excluding carboxylic acids is 1. The quantitative estimate of drug-likeness (QED) is 0.899. The summed E-state index contributed by atoms with van der Waals surface area (Å²) >= 11 is 1.62. The molecule has 1 spiro atoms. The summed E-state index contributed by atoms with van der Waals surface area (Å²) in [7, 11) is 0. The van der Waals surface area contributed by atoms with Crippen molar-refractivity contribution in [1.82, 2.24) is 10.3 Å². The molecule has 2 aliphatic heterocycles. The Morgan fingerprint density at radius 3 is 2.85 bits per heavy atom. The SMILES string of the molecule is CC(C)NC(=O)c1cc2c(s1)C1(CCN(c3ccccn3)CC1)OCC2. The molecule has 0 saturated carbocycles. The maximum Gasteiger partial charge on any atom is 0.261 e. The zero-order valence-electron chi connectivity index (χ0n) is 15.3. The molecular weight excluding hydrogens is 346 g/mol. The van der Waals surface area contributed by atoms with Crippen LogP contribution >= 0.6 is 11.3 Å². The van der Waals surface area contributed by atoms with E-state index in [4.69, 9.17) is 4.74 Å². The van der Waals surface area contributed by atoms with E-state index in [9.17, 15) is 4.79 Å². The number of nitrogens with one attached hydrogen (secondary N) is 1. The average molecular weight is 372 g/mol. The van der Waals surface area contributed by atoms with Crippen LogP contribution in [0.3, 0.4) is 0 Å². The Morgan fingerprint density at radius 2 is 2.15 bits per heavy atom. The Balaban J connectivity index is 1.55. The molecule has 5 nitrogen and oxygen atoms in total. The standard InChI is InChI=1S/C20H25N3O2S/c1-14(2)22-19(24)16-13-15-6-12-25-20(18(15)26-16)7-10-23(11-8-20)17-5-3-4-9-21-17/h3-5,9,13-14H,6-8,10-12H2,1-2H3,(H,22,24). The molecule has 4 heterocycles. The summed E-state index contributed by atoms with van der Waals surface area (Å²) in [5.74, 6) is 1.06. The Labute approximate surface area is 158 Å². The Bertz CT molecular complexity index is 780. The van der Waals surface area contributed by atoms with Crippen molar-refractivity contribution >= 4 is 23.1 Å². The number of fused-ring (bicyclic) bond motifs is 2. The monoisotopic (exact) mass is 371 g/mol. The fourth-order valence-corrected chi connectivity index (χ4v) is 5.19. The minimum atomic E-state index is -0.236. The number of amides is 1. The van der Waals surface area contributed by atoms with Crippen LogP contribution in [0.5, 0.6) is 0 Å². The second kappa shape index (κ2) is 7.00. The molecule has 2 aromatic heterocycles. The van der Waals surface area contributed by atoms with Gasteiger partial charge in [0.05, 0.1) is 11.5 Å². The van der Waals surface area contributed by atoms with Gasteiger partial charge < -0.3 is 15.0 Å². The van der Waals surface area contributed by atoms with E-state index in [2.05, 4.69) is 27.3 Å². The smallest absolute Gasteiger partial charge is 0.261 e. The van der Waals surface area contributed by atoms with E-state index in [-0.39, 0.29) is 17.6 Å². The molecule has 0 aliphatic carbocycles. The molecule has 138 valence electrons. The van der Waals surface area contributed by atoms with Crippen LogP contribution in [0.2, 0.25) is 0 Å². The lowest BCUT2D eigenvalue weighted by Gasteiger charge is -2.44. The lowest BCUT2D eigenvalue weighted by molar-refractivity contribution is -0.0735. The molecule has 1 fully saturated rings. The largest absolute Gasteiger partial charge is 0.369 e. The molecule has 26 heavy (non-hydrogen) atoms. The number of ether oxygens (including phenoxy) is 1. The molecule has 0 radical (unpaired) electrons. The molecule has 6 heteroatoms. The van der Waals surface area contributed by atoms with Gasteiger partial charge in [0.25, 0.3) is 5.91 Å². The third kappa shape index (κ3) is 3.23. The minimum absolute atomic E-state index is 0.0282. The zero-order chi connectivity index (χ0) is 18.1. The van der Waals surface area contributed by atoms with Gasteiger partial charge in [0.15, 0.2) is 0 Å². The van der Waals surface area contributed by atoms with Gasteiger partial charge in [0, 0.05) is 30.2 Å². The summed E-state index contributed by atoms with van der Waals surface area (Å²) in [6.45, 7) is 6.55. The first-order valence-electron chi connectivity index (χ1n) is 9.31. The maximum atomic E-state index is 12.4. The van der Waals surface area contributed by atoms with Crippen LogP contribution in [0.15, 0.2) is 30.5 Å². The molecule has 1 N–H and O–H groups in total. The number of hydrogen-bond donors (Lipinski definition) is 1. The van der Waals surface area contributed by atoms with Crippen molar-refractivity contribution in [2.45, 2.75) is 44.8 Å². The van der Waals surface area contributed by atoms with Gasteiger partial charge in [-0.3, -0.25) is 4.79 Å². The van der Waals surface area contributed by atoms with Crippen molar-refractivity contribution in [3.05, 3.63) is 45.8 Å². The first-order valence-corrected chi connectivity index (χ1v) is 10.1. The second-order valence-corrected chi connectivity index (χ2v) is 8.41. The Hall–Kier alpha value is -1.92. The lowest BCUT2D eigenvalue weighted by Crippen LogP contribution is -2.46. The van der Waals surface area contributed by atoms with Gasteiger partial charge in [0.1, 0.15) is 11.4 Å². The van der Waals surface area contributed by atoms with E-state index in [1.54, 1.807) is 11.3 Å². The number of aromatic nitrogens is 1. The number of carbonyl (C=O) groups is 1. The third-order valence-electron chi connectivity index (χ3n) is 5.16. The van der Waals surface area contributed by atoms with E-state index in [0.29, 0.717) is 0 Å². The van der Waals surface area contributed by atoms with E-state index in [1.807, 2.05) is 32.2 Å². The van der Waals surface area contributed by atoms with E-state index < -0.39 is 0 Å². The van der Waals surface area contributed by atoms with E-state index in [1.165, 1.54) is 10.4 Å². The van der Waals surface area contributed by atoms with Crippen LogP contribution in [-0.2, 0) is 16.8 Å². The molecule has 2 aliphatic rings. The predicted octanol–water partition coefficient (Wildman–Crippen LogP) is 3.35. The lowest BCUT2D eigenvalue weighted by atomic mass is 9.85. The molecule has 1 amide bonds. The third-order valence-corrected chi connectivity index (χ3v) is 6.52. The highest BCUT2D eigenvalue weighted by atomic mass is 32.1. The second-order valence-electron chi connectivity index (χ2n) is 7.36. The normalized spacial score (nSPS) is 18.8. The van der Waals surface area contributed by atoms with Crippen LogP contribution < -0.4 is 10.2 Å². The van der Waals surface area contributed by atoms with Crippen molar-refractivity contribution in [3.8, 4) is 0 Å². The van der Waals surface area contributed by atoms with Gasteiger partial charge in [-0.05, 0) is 56.9 Å². The topological polar surface area (TPSA) is 54.5 Å². The van der Waals surface area contributed by atoms with E-state index in [0.717, 1.165) is 49.7 Å². The van der Waals surface area contributed by atoms with Gasteiger partial charge in [0.2, 0.25) is 0 Å². The van der Waals surface area contributed by atoms with Crippen molar-refractivity contribution in [2.24, 2.45) is 0 Å². The summed E-state index contributed by atoms with van der Waals surface area (Å²) in [6, 6.07) is 8.26. The number of thiophene rings is 1. The number of pyridine rings is 1. The molecule has 0 unspecified atom stereocenters. The van der Waals surface area contributed by atoms with Gasteiger partial charge in [-0.2, -0.15) is 0 Å². The highest BCUT2D eigenvalue weighted by Crippen LogP contribution is 2.45. The number of rotatable bonds is 3. The summed E-state index contributed by atoms with van der Waals surface area (Å²) in [5, 5.41) is 3.00. The zero-order valence-corrected chi connectivity index (χ0v) is 16.1. The van der Waals surface area contributed by atoms with Crippen LogP contribution in [0.25, 0.3) is 0 Å². The van der Waals surface area contributed by atoms with Crippen molar-refractivity contribution in [2.75, 3.05) is 24.6 Å². The van der Waals surface area contributed by atoms with Crippen molar-refractivity contribution < 1.29 is 9.53 Å². The van der Waals surface area contributed by atoms with Crippen LogP contribution in [0.1, 0.15) is 46.8 Å². The van der Waals surface area contributed by atoms with Gasteiger partial charge in [-0.15, -0.1) is 11.3 Å². The maximum absolute atomic E-state index is 12.4. The molecule has 2 aromatic rings. The van der Waals surface area contributed by atoms with E-state index >= 15 is 0 Å². The number of anilines is 1. The number of hydrogen-bond acceptors (Lipinski definition) is 5. The fraction of sp³-hybridized carbons (Fsp3) is 0.500. The average Bonchev–Trinajstić information content (AvgIpc) is 3.09. The summed E-state index contributed by atoms with van der Waals surface area (Å²) in [4.78, 5) is 21.3. The van der Waals surface area contributed by atoms with Crippen LogP contribution in [0, 0.1) is 0 Å².